The third kappa shape index (κ3) is 3.77. The third-order valence-electron chi connectivity index (χ3n) is 4.54. The first-order valence-electron chi connectivity index (χ1n) is 8.47. The fourth-order valence-electron chi connectivity index (χ4n) is 3.13. The van der Waals surface area contributed by atoms with Crippen molar-refractivity contribution < 1.29 is 19.8 Å². The van der Waals surface area contributed by atoms with Gasteiger partial charge in [-0.3, -0.25) is 4.57 Å². The van der Waals surface area contributed by atoms with Crippen LogP contribution >= 0.6 is 0 Å². The zero-order valence-electron chi connectivity index (χ0n) is 14.6. The maximum absolute atomic E-state index is 10.4. The molecule has 1 aliphatic heterocycles. The van der Waals surface area contributed by atoms with E-state index in [2.05, 4.69) is 19.8 Å². The van der Waals surface area contributed by atoms with Crippen LogP contribution in [0, 0.1) is 0 Å². The fourth-order valence-corrected chi connectivity index (χ4v) is 3.13. The summed E-state index contributed by atoms with van der Waals surface area (Å²) in [6.07, 6.45) is 1.10. The zero-order valence-corrected chi connectivity index (χ0v) is 14.6. The predicted octanol–water partition coefficient (Wildman–Crippen LogP) is -1.37. The zero-order chi connectivity index (χ0) is 18.7. The summed E-state index contributed by atoms with van der Waals surface area (Å²) in [4.78, 5) is 18.8. The molecule has 144 valence electrons. The number of nitrogen functional groups attached to an aromatic ring is 1. The predicted molar refractivity (Wildman–Crippen MR) is 92.5 cm³/mol. The van der Waals surface area contributed by atoms with E-state index in [1.807, 2.05) is 11.9 Å². The summed E-state index contributed by atoms with van der Waals surface area (Å²) < 4.78 is 7.48. The van der Waals surface area contributed by atoms with E-state index in [4.69, 9.17) is 16.4 Å². The Morgan fingerprint density at radius 3 is 2.85 bits per heavy atom. The third-order valence-corrected chi connectivity index (χ3v) is 4.54. The molecule has 11 nitrogen and oxygen atoms in total. The number of aromatic nitrogens is 4. The quantitative estimate of drug-likeness (QED) is 0.324. The number of rotatable bonds is 8. The number of likely N-dealkylation sites (N-methyl/N-ethyl adjacent to an activating group) is 1. The van der Waals surface area contributed by atoms with Crippen LogP contribution in [0.15, 0.2) is 12.7 Å². The molecule has 4 atom stereocenters. The Labute approximate surface area is 150 Å². The highest BCUT2D eigenvalue weighted by Gasteiger charge is 2.44. The minimum atomic E-state index is -1.10. The summed E-state index contributed by atoms with van der Waals surface area (Å²) in [6.45, 7) is 1.78. The Hall–Kier alpha value is -1.89. The lowest BCUT2D eigenvalue weighted by Crippen LogP contribution is -2.38. The molecule has 0 bridgehead atoms. The van der Waals surface area contributed by atoms with E-state index in [-0.39, 0.29) is 5.82 Å². The van der Waals surface area contributed by atoms with Gasteiger partial charge >= 0.3 is 0 Å². The first-order chi connectivity index (χ1) is 12.5. The number of aliphatic hydroxyl groups excluding tert-OH is 2. The van der Waals surface area contributed by atoms with Crippen molar-refractivity contribution in [2.75, 3.05) is 32.5 Å². The number of aliphatic hydroxyl groups is 2. The summed E-state index contributed by atoms with van der Waals surface area (Å²) in [7, 11) is 1.93. The lowest BCUT2D eigenvalue weighted by Gasteiger charge is -2.22. The molecule has 0 aliphatic carbocycles. The normalized spacial score (nSPS) is 26.2. The first kappa shape index (κ1) is 18.9. The van der Waals surface area contributed by atoms with E-state index in [1.54, 1.807) is 4.57 Å². The molecule has 3 rings (SSSR count). The van der Waals surface area contributed by atoms with Crippen molar-refractivity contribution in [2.24, 2.45) is 5.90 Å². The standard InChI is InChI=1S/C15H25N7O4/c1-21(4-2-3-5-25-17)6-9-11(23)12(24)15(26-9)22-8-20-10-13(16)18-7-19-14(10)22/h7-9,11-12,15,23-24H,2-6,17H2,1H3,(H2,16,18,19)/t9-,11-,12-,15-/m1/s1. The average molecular weight is 367 g/mol. The average Bonchev–Trinajstić information content (AvgIpc) is 3.16. The second-order valence-electron chi connectivity index (χ2n) is 6.47. The molecule has 1 fully saturated rings. The first-order valence-corrected chi connectivity index (χ1v) is 8.47. The summed E-state index contributed by atoms with van der Waals surface area (Å²) in [5.41, 5.74) is 6.67. The largest absolute Gasteiger partial charge is 0.387 e. The van der Waals surface area contributed by atoms with Crippen LogP contribution in [0.2, 0.25) is 0 Å². The van der Waals surface area contributed by atoms with E-state index in [1.165, 1.54) is 12.7 Å². The lowest BCUT2D eigenvalue weighted by molar-refractivity contribution is -0.0423. The van der Waals surface area contributed by atoms with Gasteiger partial charge in [0.1, 0.15) is 30.2 Å². The monoisotopic (exact) mass is 367 g/mol. The second-order valence-corrected chi connectivity index (χ2v) is 6.47. The highest BCUT2D eigenvalue weighted by molar-refractivity contribution is 5.81. The topological polar surface area (TPSA) is 158 Å². The molecule has 2 aromatic heterocycles. The van der Waals surface area contributed by atoms with Gasteiger partial charge in [0.05, 0.1) is 12.9 Å². The van der Waals surface area contributed by atoms with Crippen molar-refractivity contribution in [3.63, 3.8) is 0 Å². The molecule has 26 heavy (non-hydrogen) atoms. The number of ether oxygens (including phenoxy) is 1. The van der Waals surface area contributed by atoms with E-state index >= 15 is 0 Å². The maximum atomic E-state index is 10.4. The fraction of sp³-hybridized carbons (Fsp3) is 0.667. The molecule has 3 heterocycles. The van der Waals surface area contributed by atoms with Gasteiger partial charge in [-0.15, -0.1) is 0 Å². The number of hydrogen-bond acceptors (Lipinski definition) is 10. The number of fused-ring (bicyclic) bond motifs is 1. The Morgan fingerprint density at radius 1 is 1.27 bits per heavy atom. The minimum Gasteiger partial charge on any atom is -0.387 e. The van der Waals surface area contributed by atoms with Gasteiger partial charge < -0.3 is 30.4 Å². The van der Waals surface area contributed by atoms with Crippen molar-refractivity contribution in [1.29, 1.82) is 0 Å². The number of anilines is 1. The summed E-state index contributed by atoms with van der Waals surface area (Å²) >= 11 is 0. The Kier molecular flexibility index (Phi) is 5.96. The number of hydrogen-bond donors (Lipinski definition) is 4. The SMILES string of the molecule is CN(CCCCON)C[C@H]1O[C@@H](n2cnc3c(N)ncnc32)[C@H](O)[C@@H]1O. The molecule has 0 radical (unpaired) electrons. The summed E-state index contributed by atoms with van der Waals surface area (Å²) in [6, 6.07) is 0. The number of unbranched alkanes of at least 4 members (excludes halogenated alkanes) is 1. The van der Waals surface area contributed by atoms with Crippen molar-refractivity contribution in [3.05, 3.63) is 12.7 Å². The van der Waals surface area contributed by atoms with Crippen LogP contribution in [-0.4, -0.2) is 79.7 Å². The molecule has 0 amide bonds. The summed E-state index contributed by atoms with van der Waals surface area (Å²) in [5, 5.41) is 20.8. The molecule has 11 heteroatoms. The van der Waals surface area contributed by atoms with Gasteiger partial charge in [0.15, 0.2) is 17.7 Å². The molecule has 2 aromatic rings. The van der Waals surface area contributed by atoms with E-state index < -0.39 is 24.5 Å². The lowest BCUT2D eigenvalue weighted by atomic mass is 10.1. The van der Waals surface area contributed by atoms with Crippen LogP contribution in [0.1, 0.15) is 19.1 Å². The van der Waals surface area contributed by atoms with E-state index in [9.17, 15) is 10.2 Å². The summed E-state index contributed by atoms with van der Waals surface area (Å²) in [5.74, 6) is 5.25. The minimum absolute atomic E-state index is 0.250. The Morgan fingerprint density at radius 2 is 2.08 bits per heavy atom. The van der Waals surface area contributed by atoms with Gasteiger partial charge in [0, 0.05) is 6.54 Å². The van der Waals surface area contributed by atoms with Gasteiger partial charge in [-0.25, -0.2) is 20.8 Å². The van der Waals surface area contributed by atoms with Gasteiger partial charge in [0.25, 0.3) is 0 Å². The second kappa shape index (κ2) is 8.20. The Balaban J connectivity index is 1.66. The van der Waals surface area contributed by atoms with Gasteiger partial charge in [0.2, 0.25) is 0 Å². The van der Waals surface area contributed by atoms with Gasteiger partial charge in [-0.2, -0.15) is 0 Å². The van der Waals surface area contributed by atoms with Crippen LogP contribution in [0.25, 0.3) is 11.2 Å². The molecule has 0 saturated carbocycles. The Bertz CT molecular complexity index is 727. The van der Waals surface area contributed by atoms with Crippen LogP contribution in [0.4, 0.5) is 5.82 Å². The maximum Gasteiger partial charge on any atom is 0.167 e. The van der Waals surface area contributed by atoms with E-state index in [0.29, 0.717) is 24.3 Å². The van der Waals surface area contributed by atoms with Crippen molar-refractivity contribution in [3.8, 4) is 0 Å². The van der Waals surface area contributed by atoms with Crippen molar-refractivity contribution in [1.82, 2.24) is 24.4 Å². The molecule has 0 aromatic carbocycles. The van der Waals surface area contributed by atoms with Gasteiger partial charge in [-0.1, -0.05) is 0 Å². The molecule has 6 N–H and O–H groups in total. The number of nitrogens with zero attached hydrogens (tertiary/aromatic N) is 5. The smallest absolute Gasteiger partial charge is 0.167 e. The molecule has 1 saturated heterocycles. The van der Waals surface area contributed by atoms with Crippen LogP contribution < -0.4 is 11.6 Å². The van der Waals surface area contributed by atoms with Crippen LogP contribution in [0.3, 0.4) is 0 Å². The molecule has 0 unspecified atom stereocenters. The highest BCUT2D eigenvalue weighted by atomic mass is 16.6. The van der Waals surface area contributed by atoms with Crippen LogP contribution in [-0.2, 0) is 9.57 Å². The highest BCUT2D eigenvalue weighted by Crippen LogP contribution is 2.32. The number of imidazole rings is 1. The molecule has 0 spiro atoms. The molecular weight excluding hydrogens is 342 g/mol. The van der Waals surface area contributed by atoms with Crippen LogP contribution in [0.5, 0.6) is 0 Å². The molecular formula is C15H25N7O4. The van der Waals surface area contributed by atoms with Crippen molar-refractivity contribution >= 4 is 17.0 Å². The number of nitrogens with two attached hydrogens (primary N) is 2. The van der Waals surface area contributed by atoms with E-state index in [0.717, 1.165) is 19.4 Å². The van der Waals surface area contributed by atoms with Gasteiger partial charge in [-0.05, 0) is 26.4 Å². The van der Waals surface area contributed by atoms with Crippen molar-refractivity contribution in [2.45, 2.75) is 37.4 Å². The molecule has 1 aliphatic rings.